The zero-order valence-corrected chi connectivity index (χ0v) is 8.77. The number of carbonyl (C=O) groups is 1. The summed E-state index contributed by atoms with van der Waals surface area (Å²) in [4.78, 5) is 11.0. The average molecular weight is 205 g/mol. The third-order valence-electron chi connectivity index (χ3n) is 2.07. The van der Waals surface area contributed by atoms with E-state index in [1.807, 2.05) is 37.3 Å². The van der Waals surface area contributed by atoms with Gasteiger partial charge < -0.3 is 10.5 Å². The van der Waals surface area contributed by atoms with Crippen LogP contribution in [0.4, 0.5) is 0 Å². The van der Waals surface area contributed by atoms with Gasteiger partial charge in [0.2, 0.25) is 5.91 Å². The fourth-order valence-electron chi connectivity index (χ4n) is 1.32. The minimum atomic E-state index is -0.530. The number of hydrogen-bond donors (Lipinski definition) is 1. The van der Waals surface area contributed by atoms with Gasteiger partial charge in [-0.3, -0.25) is 4.79 Å². The Morgan fingerprint density at radius 1 is 1.47 bits per heavy atom. The van der Waals surface area contributed by atoms with Crippen LogP contribution in [-0.4, -0.2) is 12.5 Å². The average Bonchev–Trinajstić information content (AvgIpc) is 2.26. The van der Waals surface area contributed by atoms with Crippen molar-refractivity contribution in [2.24, 2.45) is 5.73 Å². The first-order valence-electron chi connectivity index (χ1n) is 4.82. The Morgan fingerprint density at radius 3 is 2.53 bits per heavy atom. The molecular weight excluding hydrogens is 190 g/mol. The molecule has 0 saturated heterocycles. The number of benzene rings is 1. The molecule has 1 atom stereocenters. The maximum Gasteiger partial charge on any atom is 0.247 e. The van der Waals surface area contributed by atoms with Crippen molar-refractivity contribution in [2.75, 3.05) is 6.61 Å². The highest BCUT2D eigenvalue weighted by Crippen LogP contribution is 2.23. The lowest BCUT2D eigenvalue weighted by atomic mass is 10.0. The number of carbonyl (C=O) groups excluding carboxylic acids is 1. The van der Waals surface area contributed by atoms with E-state index in [9.17, 15) is 4.79 Å². The molecule has 0 spiro atoms. The zero-order valence-electron chi connectivity index (χ0n) is 8.77. The second kappa shape index (κ2) is 5.32. The summed E-state index contributed by atoms with van der Waals surface area (Å²) in [5, 5.41) is 0. The van der Waals surface area contributed by atoms with Gasteiger partial charge in [-0.05, 0) is 12.5 Å². The predicted octanol–water partition coefficient (Wildman–Crippen LogP) is 1.81. The fraction of sp³-hybridized carbons (Fsp3) is 0.250. The van der Waals surface area contributed by atoms with Crippen molar-refractivity contribution in [1.82, 2.24) is 0 Å². The maximum atomic E-state index is 11.0. The molecule has 0 radical (unpaired) electrons. The molecule has 0 saturated carbocycles. The lowest BCUT2D eigenvalue weighted by Crippen LogP contribution is -2.20. The Bertz CT molecular complexity index is 346. The molecule has 0 bridgehead atoms. The largest absolute Gasteiger partial charge is 0.369 e. The van der Waals surface area contributed by atoms with Gasteiger partial charge in [-0.15, -0.1) is 0 Å². The quantitative estimate of drug-likeness (QED) is 0.745. The van der Waals surface area contributed by atoms with Gasteiger partial charge in [0.05, 0.1) is 0 Å². The fourth-order valence-corrected chi connectivity index (χ4v) is 1.32. The van der Waals surface area contributed by atoms with Gasteiger partial charge in [0.1, 0.15) is 6.10 Å². The van der Waals surface area contributed by atoms with Crippen LogP contribution in [0.5, 0.6) is 0 Å². The van der Waals surface area contributed by atoms with Crippen LogP contribution in [0.2, 0.25) is 0 Å². The number of nitrogens with two attached hydrogens (primary N) is 1. The van der Waals surface area contributed by atoms with E-state index in [0.717, 1.165) is 5.56 Å². The van der Waals surface area contributed by atoms with Crippen molar-refractivity contribution in [3.63, 3.8) is 0 Å². The van der Waals surface area contributed by atoms with Gasteiger partial charge in [0.25, 0.3) is 0 Å². The van der Waals surface area contributed by atoms with E-state index < -0.39 is 12.0 Å². The lowest BCUT2D eigenvalue weighted by Gasteiger charge is -2.17. The van der Waals surface area contributed by atoms with E-state index in [-0.39, 0.29) is 5.57 Å². The summed E-state index contributed by atoms with van der Waals surface area (Å²) in [6.07, 6.45) is -0.436. The summed E-state index contributed by atoms with van der Waals surface area (Å²) >= 11 is 0. The Balaban J connectivity index is 2.93. The first-order chi connectivity index (χ1) is 7.16. The van der Waals surface area contributed by atoms with Crippen molar-refractivity contribution in [3.05, 3.63) is 48.0 Å². The standard InChI is InChI=1S/C12H15NO2/c1-3-15-11(9(2)12(13)14)10-7-5-4-6-8-10/h4-8,11H,2-3H2,1H3,(H2,13,14). The van der Waals surface area contributed by atoms with Gasteiger partial charge in [0.15, 0.2) is 0 Å². The third kappa shape index (κ3) is 2.92. The Labute approximate surface area is 89.5 Å². The van der Waals surface area contributed by atoms with E-state index in [1.54, 1.807) is 0 Å². The first kappa shape index (κ1) is 11.5. The minimum Gasteiger partial charge on any atom is -0.369 e. The normalized spacial score (nSPS) is 12.1. The zero-order chi connectivity index (χ0) is 11.3. The van der Waals surface area contributed by atoms with Crippen molar-refractivity contribution in [2.45, 2.75) is 13.0 Å². The Morgan fingerprint density at radius 2 is 2.07 bits per heavy atom. The van der Waals surface area contributed by atoms with Gasteiger partial charge in [-0.2, -0.15) is 0 Å². The summed E-state index contributed by atoms with van der Waals surface area (Å²) in [5.74, 6) is -0.530. The van der Waals surface area contributed by atoms with Crippen LogP contribution in [-0.2, 0) is 9.53 Å². The van der Waals surface area contributed by atoms with Crippen molar-refractivity contribution in [3.8, 4) is 0 Å². The van der Waals surface area contributed by atoms with Crippen LogP contribution in [0.15, 0.2) is 42.5 Å². The molecule has 80 valence electrons. The molecule has 1 unspecified atom stereocenters. The van der Waals surface area contributed by atoms with Crippen molar-refractivity contribution < 1.29 is 9.53 Å². The summed E-state index contributed by atoms with van der Waals surface area (Å²) in [6, 6.07) is 9.44. The molecule has 1 aromatic rings. The SMILES string of the molecule is C=C(C(N)=O)C(OCC)c1ccccc1. The third-order valence-corrected chi connectivity index (χ3v) is 2.07. The number of hydrogen-bond acceptors (Lipinski definition) is 2. The lowest BCUT2D eigenvalue weighted by molar-refractivity contribution is -0.116. The predicted molar refractivity (Wildman–Crippen MR) is 59.1 cm³/mol. The maximum absolute atomic E-state index is 11.0. The van der Waals surface area contributed by atoms with Crippen LogP contribution in [0.3, 0.4) is 0 Å². The van der Waals surface area contributed by atoms with Crippen LogP contribution in [0.25, 0.3) is 0 Å². The Hall–Kier alpha value is -1.61. The molecule has 0 heterocycles. The van der Waals surface area contributed by atoms with Crippen molar-refractivity contribution >= 4 is 5.91 Å². The minimum absolute atomic E-state index is 0.281. The van der Waals surface area contributed by atoms with Gasteiger partial charge >= 0.3 is 0 Å². The van der Waals surface area contributed by atoms with Crippen molar-refractivity contribution in [1.29, 1.82) is 0 Å². The van der Waals surface area contributed by atoms with Gasteiger partial charge in [-0.25, -0.2) is 0 Å². The molecule has 1 rings (SSSR count). The molecule has 1 aromatic carbocycles. The molecule has 0 aromatic heterocycles. The van der Waals surface area contributed by atoms with Crippen LogP contribution in [0.1, 0.15) is 18.6 Å². The van der Waals surface area contributed by atoms with E-state index in [0.29, 0.717) is 6.61 Å². The summed E-state index contributed by atoms with van der Waals surface area (Å²) in [6.45, 7) is 6.02. The highest BCUT2D eigenvalue weighted by Gasteiger charge is 2.18. The molecule has 3 heteroatoms. The van der Waals surface area contributed by atoms with E-state index >= 15 is 0 Å². The summed E-state index contributed by atoms with van der Waals surface area (Å²) in [7, 11) is 0. The molecule has 0 aliphatic carbocycles. The highest BCUT2D eigenvalue weighted by atomic mass is 16.5. The Kier molecular flexibility index (Phi) is 4.06. The second-order valence-electron chi connectivity index (χ2n) is 3.14. The molecule has 2 N–H and O–H groups in total. The van der Waals surface area contributed by atoms with E-state index in [4.69, 9.17) is 10.5 Å². The van der Waals surface area contributed by atoms with Crippen LogP contribution < -0.4 is 5.73 Å². The monoisotopic (exact) mass is 205 g/mol. The molecule has 0 aliphatic rings. The van der Waals surface area contributed by atoms with Gasteiger partial charge in [-0.1, -0.05) is 36.9 Å². The summed E-state index contributed by atoms with van der Waals surface area (Å²) in [5.41, 5.74) is 6.36. The number of rotatable bonds is 5. The van der Waals surface area contributed by atoms with Crippen LogP contribution >= 0.6 is 0 Å². The highest BCUT2D eigenvalue weighted by molar-refractivity contribution is 5.92. The van der Waals surface area contributed by atoms with E-state index in [1.165, 1.54) is 0 Å². The molecular formula is C12H15NO2. The molecule has 1 amide bonds. The van der Waals surface area contributed by atoms with E-state index in [2.05, 4.69) is 6.58 Å². The topological polar surface area (TPSA) is 52.3 Å². The summed E-state index contributed by atoms with van der Waals surface area (Å²) < 4.78 is 5.45. The second-order valence-corrected chi connectivity index (χ2v) is 3.14. The molecule has 0 aliphatic heterocycles. The molecule has 0 fully saturated rings. The van der Waals surface area contributed by atoms with Crippen LogP contribution in [0, 0.1) is 0 Å². The smallest absolute Gasteiger partial charge is 0.247 e. The number of primary amides is 1. The molecule has 3 nitrogen and oxygen atoms in total. The number of amides is 1. The first-order valence-corrected chi connectivity index (χ1v) is 4.82. The molecule has 15 heavy (non-hydrogen) atoms. The van der Waals surface area contributed by atoms with Gasteiger partial charge in [0, 0.05) is 12.2 Å². The number of ether oxygens (including phenoxy) is 1.